The fraction of sp³-hybridized carbons (Fsp3) is 0.412. The number of nitrogens with zero attached hydrogens (tertiary/aromatic N) is 2. The summed E-state index contributed by atoms with van der Waals surface area (Å²) in [7, 11) is 2.14. The summed E-state index contributed by atoms with van der Waals surface area (Å²) in [6.07, 6.45) is 3.93. The first-order valence-corrected chi connectivity index (χ1v) is 8.12. The van der Waals surface area contributed by atoms with Crippen LogP contribution in [0.2, 0.25) is 0 Å². The van der Waals surface area contributed by atoms with Gasteiger partial charge in [-0.15, -0.1) is 12.6 Å². The lowest BCUT2D eigenvalue weighted by molar-refractivity contribution is 0.0939. The number of amides is 1. The van der Waals surface area contributed by atoms with Crippen LogP contribution in [0, 0.1) is 5.92 Å². The van der Waals surface area contributed by atoms with E-state index in [0.717, 1.165) is 48.3 Å². The zero-order chi connectivity index (χ0) is 15.5. The normalized spacial score (nSPS) is 16.8. The standard InChI is InChI=1S/C17H21N3OS/c1-20-7-5-12(6-8-20)10-19-17(21)14-9-13-3-2-4-15(22)16(13)18-11-14/h2-4,9,11-12,22H,5-8,10H2,1H3,(H,19,21). The maximum atomic E-state index is 12.3. The Morgan fingerprint density at radius 3 is 2.95 bits per heavy atom. The van der Waals surface area contributed by atoms with Crippen LogP contribution in [0.15, 0.2) is 35.4 Å². The number of carbonyl (C=O) groups excluding carboxylic acids is 1. The smallest absolute Gasteiger partial charge is 0.252 e. The third kappa shape index (κ3) is 3.42. The van der Waals surface area contributed by atoms with Crippen LogP contribution < -0.4 is 5.32 Å². The molecule has 5 heteroatoms. The quantitative estimate of drug-likeness (QED) is 0.856. The third-order valence-electron chi connectivity index (χ3n) is 4.34. The van der Waals surface area contributed by atoms with E-state index in [-0.39, 0.29) is 5.91 Å². The number of rotatable bonds is 3. The molecule has 0 atom stereocenters. The van der Waals surface area contributed by atoms with E-state index in [1.165, 1.54) is 0 Å². The van der Waals surface area contributed by atoms with Gasteiger partial charge in [-0.25, -0.2) is 0 Å². The molecule has 1 fully saturated rings. The first kappa shape index (κ1) is 15.3. The molecule has 2 aromatic rings. The van der Waals surface area contributed by atoms with Gasteiger partial charge in [-0.05, 0) is 51.0 Å². The minimum absolute atomic E-state index is 0.0436. The van der Waals surface area contributed by atoms with Gasteiger partial charge in [0.25, 0.3) is 5.91 Å². The number of hydrogen-bond donors (Lipinski definition) is 2. The molecular weight excluding hydrogens is 294 g/mol. The fourth-order valence-electron chi connectivity index (χ4n) is 2.87. The highest BCUT2D eigenvalue weighted by molar-refractivity contribution is 7.80. The Balaban J connectivity index is 1.65. The number of carbonyl (C=O) groups is 1. The Morgan fingerprint density at radius 1 is 1.41 bits per heavy atom. The van der Waals surface area contributed by atoms with Crippen molar-refractivity contribution in [2.75, 3.05) is 26.7 Å². The van der Waals surface area contributed by atoms with Crippen LogP contribution in [0.3, 0.4) is 0 Å². The van der Waals surface area contributed by atoms with Crippen molar-refractivity contribution in [3.63, 3.8) is 0 Å². The highest BCUT2D eigenvalue weighted by atomic mass is 32.1. The molecule has 1 N–H and O–H groups in total. The van der Waals surface area contributed by atoms with Gasteiger partial charge in [0.1, 0.15) is 0 Å². The zero-order valence-electron chi connectivity index (χ0n) is 12.7. The molecular formula is C17H21N3OS. The summed E-state index contributed by atoms with van der Waals surface area (Å²) in [6.45, 7) is 2.98. The Morgan fingerprint density at radius 2 is 2.18 bits per heavy atom. The number of thiol groups is 1. The fourth-order valence-corrected chi connectivity index (χ4v) is 3.15. The van der Waals surface area contributed by atoms with Crippen molar-refractivity contribution in [3.8, 4) is 0 Å². The van der Waals surface area contributed by atoms with Gasteiger partial charge < -0.3 is 10.2 Å². The number of benzene rings is 1. The molecule has 0 radical (unpaired) electrons. The van der Waals surface area contributed by atoms with Gasteiger partial charge >= 0.3 is 0 Å². The molecule has 0 bridgehead atoms. The van der Waals surface area contributed by atoms with Gasteiger partial charge in [-0.1, -0.05) is 12.1 Å². The Labute approximate surface area is 136 Å². The van der Waals surface area contributed by atoms with Crippen molar-refractivity contribution in [2.45, 2.75) is 17.7 Å². The van der Waals surface area contributed by atoms with Crippen molar-refractivity contribution in [3.05, 3.63) is 36.0 Å². The molecule has 0 spiro atoms. The average molecular weight is 315 g/mol. The highest BCUT2D eigenvalue weighted by Crippen LogP contribution is 2.20. The number of hydrogen-bond acceptors (Lipinski definition) is 4. The summed E-state index contributed by atoms with van der Waals surface area (Å²) in [5.74, 6) is 0.538. The minimum Gasteiger partial charge on any atom is -0.352 e. The summed E-state index contributed by atoms with van der Waals surface area (Å²) in [5.41, 5.74) is 1.44. The van der Waals surface area contributed by atoms with Crippen molar-refractivity contribution in [1.29, 1.82) is 0 Å². The first-order valence-electron chi connectivity index (χ1n) is 7.68. The van der Waals surface area contributed by atoms with Gasteiger partial charge in [0.2, 0.25) is 0 Å². The van der Waals surface area contributed by atoms with E-state index < -0.39 is 0 Å². The van der Waals surface area contributed by atoms with Crippen LogP contribution >= 0.6 is 12.6 Å². The van der Waals surface area contributed by atoms with Gasteiger partial charge in [0, 0.05) is 23.0 Å². The molecule has 1 aromatic heterocycles. The number of fused-ring (bicyclic) bond motifs is 1. The van der Waals surface area contributed by atoms with Crippen LogP contribution in [0.1, 0.15) is 23.2 Å². The van der Waals surface area contributed by atoms with E-state index in [2.05, 4.69) is 34.9 Å². The van der Waals surface area contributed by atoms with Crippen LogP contribution in [0.25, 0.3) is 10.9 Å². The number of para-hydroxylation sites is 1. The molecule has 0 saturated carbocycles. The van der Waals surface area contributed by atoms with Gasteiger partial charge in [0.05, 0.1) is 11.1 Å². The van der Waals surface area contributed by atoms with Crippen molar-refractivity contribution in [1.82, 2.24) is 15.2 Å². The Bertz CT molecular complexity index is 681. The van der Waals surface area contributed by atoms with E-state index in [1.54, 1.807) is 6.20 Å². The molecule has 116 valence electrons. The predicted molar refractivity (Wildman–Crippen MR) is 91.5 cm³/mol. The monoisotopic (exact) mass is 315 g/mol. The molecule has 0 aliphatic carbocycles. The summed E-state index contributed by atoms with van der Waals surface area (Å²) >= 11 is 4.39. The largest absolute Gasteiger partial charge is 0.352 e. The Hall–Kier alpha value is -1.59. The van der Waals surface area contributed by atoms with Gasteiger partial charge in [-0.2, -0.15) is 0 Å². The second kappa shape index (κ2) is 6.67. The topological polar surface area (TPSA) is 45.2 Å². The van der Waals surface area contributed by atoms with Crippen LogP contribution in [0.4, 0.5) is 0 Å². The molecule has 2 heterocycles. The van der Waals surface area contributed by atoms with Gasteiger partial charge in [-0.3, -0.25) is 9.78 Å². The summed E-state index contributed by atoms with van der Waals surface area (Å²) < 4.78 is 0. The number of likely N-dealkylation sites (tertiary alicyclic amines) is 1. The second-order valence-electron chi connectivity index (χ2n) is 6.03. The minimum atomic E-state index is -0.0436. The van der Waals surface area contributed by atoms with Gasteiger partial charge in [0.15, 0.2) is 0 Å². The summed E-state index contributed by atoms with van der Waals surface area (Å²) in [6, 6.07) is 7.66. The molecule has 4 nitrogen and oxygen atoms in total. The lowest BCUT2D eigenvalue weighted by atomic mass is 9.97. The maximum absolute atomic E-state index is 12.3. The summed E-state index contributed by atoms with van der Waals surface area (Å²) in [4.78, 5) is 19.8. The maximum Gasteiger partial charge on any atom is 0.252 e. The van der Waals surface area contributed by atoms with Crippen molar-refractivity contribution >= 4 is 29.4 Å². The lowest BCUT2D eigenvalue weighted by Crippen LogP contribution is -2.36. The van der Waals surface area contributed by atoms with E-state index in [9.17, 15) is 4.79 Å². The van der Waals surface area contributed by atoms with Crippen LogP contribution in [0.5, 0.6) is 0 Å². The molecule has 3 rings (SSSR count). The van der Waals surface area contributed by atoms with E-state index in [1.807, 2.05) is 24.3 Å². The first-order chi connectivity index (χ1) is 10.6. The van der Waals surface area contributed by atoms with E-state index in [4.69, 9.17) is 0 Å². The molecule has 1 amide bonds. The van der Waals surface area contributed by atoms with Crippen molar-refractivity contribution in [2.24, 2.45) is 5.92 Å². The number of nitrogens with one attached hydrogen (secondary N) is 1. The SMILES string of the molecule is CN1CCC(CNC(=O)c2cnc3c(S)cccc3c2)CC1. The molecule has 0 unspecified atom stereocenters. The molecule has 1 aliphatic rings. The molecule has 1 aliphatic heterocycles. The van der Waals surface area contributed by atoms with E-state index >= 15 is 0 Å². The number of pyridine rings is 1. The molecule has 1 aromatic carbocycles. The van der Waals surface area contributed by atoms with E-state index in [0.29, 0.717) is 11.5 Å². The van der Waals surface area contributed by atoms with Crippen LogP contribution in [-0.4, -0.2) is 42.5 Å². The number of piperidine rings is 1. The zero-order valence-corrected chi connectivity index (χ0v) is 13.6. The second-order valence-corrected chi connectivity index (χ2v) is 6.51. The molecule has 22 heavy (non-hydrogen) atoms. The highest BCUT2D eigenvalue weighted by Gasteiger charge is 2.17. The molecule has 1 saturated heterocycles. The Kier molecular flexibility index (Phi) is 4.64. The average Bonchev–Trinajstić information content (AvgIpc) is 2.54. The lowest BCUT2D eigenvalue weighted by Gasteiger charge is -2.28. The van der Waals surface area contributed by atoms with Crippen LogP contribution in [-0.2, 0) is 0 Å². The predicted octanol–water partition coefficient (Wildman–Crippen LogP) is 2.60. The van der Waals surface area contributed by atoms with Crippen molar-refractivity contribution < 1.29 is 4.79 Å². The number of aromatic nitrogens is 1. The summed E-state index contributed by atoms with van der Waals surface area (Å²) in [5, 5.41) is 3.99. The third-order valence-corrected chi connectivity index (χ3v) is 4.70.